The molecule has 2 atom stereocenters. The summed E-state index contributed by atoms with van der Waals surface area (Å²) in [4.78, 5) is 2.33. The van der Waals surface area contributed by atoms with Crippen LogP contribution in [0.3, 0.4) is 0 Å². The minimum absolute atomic E-state index is 0.562. The van der Waals surface area contributed by atoms with Crippen LogP contribution in [0.2, 0.25) is 0 Å². The van der Waals surface area contributed by atoms with E-state index in [1.807, 2.05) is 6.07 Å². The first-order valence-corrected chi connectivity index (χ1v) is 5.64. The molecule has 0 saturated heterocycles. The van der Waals surface area contributed by atoms with E-state index in [0.717, 1.165) is 29.7 Å². The van der Waals surface area contributed by atoms with Crippen molar-refractivity contribution in [3.8, 4) is 0 Å². The van der Waals surface area contributed by atoms with Crippen LogP contribution in [0, 0.1) is 11.8 Å². The molecule has 1 aromatic rings. The molecule has 3 nitrogen and oxygen atoms in total. The number of hydrogen-bond acceptors (Lipinski definition) is 3. The quantitative estimate of drug-likeness (QED) is 0.802. The monoisotopic (exact) mass is 208 g/mol. The van der Waals surface area contributed by atoms with Crippen molar-refractivity contribution in [1.29, 1.82) is 0 Å². The Morgan fingerprint density at radius 2 is 2.33 bits per heavy atom. The Hall–Kier alpha value is -0.800. The van der Waals surface area contributed by atoms with Gasteiger partial charge in [0, 0.05) is 18.7 Å². The number of furan rings is 1. The molecule has 1 aliphatic rings. The fraction of sp³-hybridized carbons (Fsp3) is 0.667. The minimum Gasteiger partial charge on any atom is -0.468 e. The van der Waals surface area contributed by atoms with Crippen LogP contribution in [0.5, 0.6) is 0 Å². The van der Waals surface area contributed by atoms with Crippen molar-refractivity contribution in [2.75, 3.05) is 13.6 Å². The van der Waals surface area contributed by atoms with Gasteiger partial charge in [-0.15, -0.1) is 0 Å². The van der Waals surface area contributed by atoms with E-state index < -0.39 is 0 Å². The Morgan fingerprint density at radius 1 is 1.60 bits per heavy atom. The lowest BCUT2D eigenvalue weighted by Crippen LogP contribution is -2.20. The molecule has 2 rings (SSSR count). The highest BCUT2D eigenvalue weighted by molar-refractivity contribution is 5.12. The van der Waals surface area contributed by atoms with Crippen molar-refractivity contribution in [1.82, 2.24) is 4.90 Å². The molecule has 1 aliphatic carbocycles. The van der Waals surface area contributed by atoms with Gasteiger partial charge in [0.25, 0.3) is 0 Å². The van der Waals surface area contributed by atoms with E-state index in [4.69, 9.17) is 10.2 Å². The summed E-state index contributed by atoms with van der Waals surface area (Å²) in [5, 5.41) is 0. The average molecular weight is 208 g/mol. The third-order valence-electron chi connectivity index (χ3n) is 3.19. The molecule has 15 heavy (non-hydrogen) atoms. The highest BCUT2D eigenvalue weighted by atomic mass is 16.3. The second-order valence-corrected chi connectivity index (χ2v) is 4.80. The van der Waals surface area contributed by atoms with Crippen molar-refractivity contribution < 1.29 is 4.42 Å². The van der Waals surface area contributed by atoms with Crippen LogP contribution < -0.4 is 5.73 Å². The summed E-state index contributed by atoms with van der Waals surface area (Å²) < 4.78 is 5.43. The minimum atomic E-state index is 0.562. The predicted octanol–water partition coefficient (Wildman–Crippen LogP) is 1.83. The van der Waals surface area contributed by atoms with Gasteiger partial charge >= 0.3 is 0 Å². The van der Waals surface area contributed by atoms with Crippen LogP contribution in [-0.2, 0) is 13.1 Å². The zero-order chi connectivity index (χ0) is 10.8. The first-order chi connectivity index (χ1) is 7.19. The lowest BCUT2D eigenvalue weighted by Gasteiger charge is -2.14. The van der Waals surface area contributed by atoms with Crippen LogP contribution in [0.4, 0.5) is 0 Å². The Labute approximate surface area is 91.2 Å². The predicted molar refractivity (Wildman–Crippen MR) is 60.2 cm³/mol. The summed E-state index contributed by atoms with van der Waals surface area (Å²) in [5.74, 6) is 2.84. The van der Waals surface area contributed by atoms with Crippen LogP contribution >= 0.6 is 0 Å². The fourth-order valence-corrected chi connectivity index (χ4v) is 2.00. The number of rotatable bonds is 5. The standard InChI is InChI=1S/C12H20N2O/c1-9-3-11(9)6-14(2)7-12-4-10(5-13)8-15-12/h4,8-9,11H,3,5-7,13H2,1-2H3. The lowest BCUT2D eigenvalue weighted by molar-refractivity contribution is 0.280. The summed E-state index contributed by atoms with van der Waals surface area (Å²) in [7, 11) is 2.15. The maximum absolute atomic E-state index is 5.53. The number of nitrogens with zero attached hydrogens (tertiary/aromatic N) is 1. The summed E-state index contributed by atoms with van der Waals surface area (Å²) in [6, 6.07) is 2.05. The van der Waals surface area contributed by atoms with Gasteiger partial charge in [-0.25, -0.2) is 0 Å². The number of nitrogens with two attached hydrogens (primary N) is 1. The molecule has 2 unspecified atom stereocenters. The molecule has 1 aromatic heterocycles. The molecule has 0 radical (unpaired) electrons. The van der Waals surface area contributed by atoms with E-state index in [2.05, 4.69) is 18.9 Å². The molecular weight excluding hydrogens is 188 g/mol. The van der Waals surface area contributed by atoms with Gasteiger partial charge in [0.15, 0.2) is 0 Å². The molecule has 2 N–H and O–H groups in total. The molecule has 1 heterocycles. The number of hydrogen-bond donors (Lipinski definition) is 1. The average Bonchev–Trinajstić information content (AvgIpc) is 2.72. The molecular formula is C12H20N2O. The smallest absolute Gasteiger partial charge is 0.118 e. The first kappa shape index (κ1) is 10.7. The third-order valence-corrected chi connectivity index (χ3v) is 3.19. The van der Waals surface area contributed by atoms with E-state index in [1.54, 1.807) is 6.26 Å². The highest BCUT2D eigenvalue weighted by Gasteiger charge is 2.33. The Bertz CT molecular complexity index is 321. The second kappa shape index (κ2) is 4.37. The molecule has 0 bridgehead atoms. The van der Waals surface area contributed by atoms with Gasteiger partial charge in [0.2, 0.25) is 0 Å². The largest absolute Gasteiger partial charge is 0.468 e. The van der Waals surface area contributed by atoms with E-state index in [-0.39, 0.29) is 0 Å². The molecule has 84 valence electrons. The Morgan fingerprint density at radius 3 is 2.87 bits per heavy atom. The zero-order valence-electron chi connectivity index (χ0n) is 9.57. The molecule has 0 aromatic carbocycles. The van der Waals surface area contributed by atoms with Crippen LogP contribution in [0.25, 0.3) is 0 Å². The van der Waals surface area contributed by atoms with Crippen molar-refractivity contribution >= 4 is 0 Å². The van der Waals surface area contributed by atoms with Crippen LogP contribution in [0.15, 0.2) is 16.7 Å². The van der Waals surface area contributed by atoms with Crippen molar-refractivity contribution in [3.63, 3.8) is 0 Å². The van der Waals surface area contributed by atoms with Crippen molar-refractivity contribution in [2.24, 2.45) is 17.6 Å². The fourth-order valence-electron chi connectivity index (χ4n) is 2.00. The zero-order valence-corrected chi connectivity index (χ0v) is 9.57. The van der Waals surface area contributed by atoms with Crippen LogP contribution in [-0.4, -0.2) is 18.5 Å². The SMILES string of the molecule is CC1CC1CN(C)Cc1cc(CN)co1. The summed E-state index contributed by atoms with van der Waals surface area (Å²) in [6.45, 7) is 4.95. The van der Waals surface area contributed by atoms with Crippen LogP contribution in [0.1, 0.15) is 24.7 Å². The normalized spacial score (nSPS) is 24.8. The van der Waals surface area contributed by atoms with Gasteiger partial charge in [-0.1, -0.05) is 6.92 Å². The van der Waals surface area contributed by atoms with Gasteiger partial charge in [-0.3, -0.25) is 4.90 Å². The summed E-state index contributed by atoms with van der Waals surface area (Å²) in [5.41, 5.74) is 6.61. The Balaban J connectivity index is 1.80. The molecule has 1 saturated carbocycles. The van der Waals surface area contributed by atoms with Crippen molar-refractivity contribution in [2.45, 2.75) is 26.4 Å². The molecule has 0 spiro atoms. The maximum Gasteiger partial charge on any atom is 0.118 e. The summed E-state index contributed by atoms with van der Waals surface area (Å²) in [6.07, 6.45) is 3.14. The molecule has 3 heteroatoms. The van der Waals surface area contributed by atoms with E-state index in [9.17, 15) is 0 Å². The molecule has 0 amide bonds. The highest BCUT2D eigenvalue weighted by Crippen LogP contribution is 2.38. The van der Waals surface area contributed by atoms with E-state index in [0.29, 0.717) is 6.54 Å². The van der Waals surface area contributed by atoms with Gasteiger partial charge in [-0.2, -0.15) is 0 Å². The maximum atomic E-state index is 5.53. The van der Waals surface area contributed by atoms with Crippen molar-refractivity contribution in [3.05, 3.63) is 23.7 Å². The first-order valence-electron chi connectivity index (χ1n) is 5.64. The van der Waals surface area contributed by atoms with E-state index in [1.165, 1.54) is 13.0 Å². The van der Waals surface area contributed by atoms with Gasteiger partial charge in [-0.05, 0) is 31.4 Å². The summed E-state index contributed by atoms with van der Waals surface area (Å²) >= 11 is 0. The lowest BCUT2D eigenvalue weighted by atomic mass is 10.3. The molecule has 0 aliphatic heterocycles. The van der Waals surface area contributed by atoms with Gasteiger partial charge in [0.1, 0.15) is 5.76 Å². The van der Waals surface area contributed by atoms with E-state index >= 15 is 0 Å². The molecule has 1 fully saturated rings. The van der Waals surface area contributed by atoms with Gasteiger partial charge in [0.05, 0.1) is 12.8 Å². The topological polar surface area (TPSA) is 42.4 Å². The third kappa shape index (κ3) is 2.83. The second-order valence-electron chi connectivity index (χ2n) is 4.80. The Kier molecular flexibility index (Phi) is 3.12. The van der Waals surface area contributed by atoms with Gasteiger partial charge < -0.3 is 10.2 Å².